The molecule has 0 aromatic heterocycles. The van der Waals surface area contributed by atoms with Gasteiger partial charge in [-0.3, -0.25) is 4.79 Å². The molecule has 0 bridgehead atoms. The summed E-state index contributed by atoms with van der Waals surface area (Å²) in [5.74, 6) is -0.374. The van der Waals surface area contributed by atoms with Crippen molar-refractivity contribution in [2.75, 3.05) is 6.61 Å². The van der Waals surface area contributed by atoms with Crippen molar-refractivity contribution in [1.82, 2.24) is 5.32 Å². The highest BCUT2D eigenvalue weighted by molar-refractivity contribution is 5.82. The van der Waals surface area contributed by atoms with Gasteiger partial charge in [-0.25, -0.2) is 0 Å². The average Bonchev–Trinajstić information content (AvgIpc) is 2.22. The van der Waals surface area contributed by atoms with Crippen LogP contribution in [0.25, 0.3) is 0 Å². The lowest BCUT2D eigenvalue weighted by atomic mass is 9.49. The van der Waals surface area contributed by atoms with Crippen LogP contribution in [0.4, 0.5) is 0 Å². The Balaban J connectivity index is 2.71. The molecule has 1 aliphatic carbocycles. The van der Waals surface area contributed by atoms with Gasteiger partial charge in [-0.15, -0.1) is 0 Å². The number of aliphatic hydroxyl groups is 2. The van der Waals surface area contributed by atoms with Crippen LogP contribution in [-0.4, -0.2) is 40.9 Å². The zero-order valence-corrected chi connectivity index (χ0v) is 10.3. The molecular formula is C11H22N2O3. The van der Waals surface area contributed by atoms with Crippen molar-refractivity contribution < 1.29 is 15.0 Å². The van der Waals surface area contributed by atoms with E-state index < -0.39 is 12.1 Å². The van der Waals surface area contributed by atoms with Gasteiger partial charge in [0.1, 0.15) is 6.04 Å². The van der Waals surface area contributed by atoms with Gasteiger partial charge in [0.2, 0.25) is 5.91 Å². The van der Waals surface area contributed by atoms with Crippen molar-refractivity contribution >= 4 is 5.91 Å². The molecule has 1 saturated carbocycles. The van der Waals surface area contributed by atoms with E-state index in [1.165, 1.54) is 0 Å². The number of nitrogens with two attached hydrogens (primary N) is 1. The summed E-state index contributed by atoms with van der Waals surface area (Å²) in [5, 5.41) is 21.5. The standard InChI is InChI=1S/C11H22N2O3/c1-10(2)8(11(3,4)9(10)16)13-7(15)6(12)5-14/h6,8-9,14,16H,5,12H2,1-4H3,(H,13,15)/t6-,8?,9?/m1/s1. The number of hydrogen-bond acceptors (Lipinski definition) is 4. The smallest absolute Gasteiger partial charge is 0.239 e. The number of nitrogens with one attached hydrogen (secondary N) is 1. The minimum atomic E-state index is -0.899. The van der Waals surface area contributed by atoms with E-state index in [1.807, 2.05) is 27.7 Å². The Kier molecular flexibility index (Phi) is 3.34. The van der Waals surface area contributed by atoms with E-state index in [0.717, 1.165) is 0 Å². The SMILES string of the molecule is CC1(C)C(O)C(C)(C)C1NC(=O)[C@H](N)CO. The van der Waals surface area contributed by atoms with Gasteiger partial charge in [0.15, 0.2) is 0 Å². The zero-order chi connectivity index (χ0) is 12.7. The van der Waals surface area contributed by atoms with Crippen molar-refractivity contribution in [2.24, 2.45) is 16.6 Å². The van der Waals surface area contributed by atoms with Gasteiger partial charge in [0.05, 0.1) is 12.7 Å². The molecule has 5 heteroatoms. The van der Waals surface area contributed by atoms with Gasteiger partial charge in [0.25, 0.3) is 0 Å². The molecule has 1 amide bonds. The second kappa shape index (κ2) is 3.98. The van der Waals surface area contributed by atoms with Crippen molar-refractivity contribution in [2.45, 2.75) is 45.9 Å². The molecule has 1 fully saturated rings. The second-order valence-electron chi connectivity index (χ2n) is 5.78. The van der Waals surface area contributed by atoms with Crippen molar-refractivity contribution in [3.8, 4) is 0 Å². The topological polar surface area (TPSA) is 95.6 Å². The summed E-state index contributed by atoms with van der Waals surface area (Å²) in [6, 6.07) is -1.04. The Labute approximate surface area is 96.0 Å². The maximum Gasteiger partial charge on any atom is 0.239 e. The van der Waals surface area contributed by atoms with Crippen molar-refractivity contribution in [1.29, 1.82) is 0 Å². The van der Waals surface area contributed by atoms with Gasteiger partial charge < -0.3 is 21.3 Å². The summed E-state index contributed by atoms with van der Waals surface area (Å²) in [7, 11) is 0. The summed E-state index contributed by atoms with van der Waals surface area (Å²) in [6.45, 7) is 7.23. The van der Waals surface area contributed by atoms with E-state index >= 15 is 0 Å². The first kappa shape index (κ1) is 13.4. The lowest BCUT2D eigenvalue weighted by Gasteiger charge is -2.61. The van der Waals surface area contributed by atoms with Gasteiger partial charge in [-0.1, -0.05) is 27.7 Å². The number of aliphatic hydroxyl groups excluding tert-OH is 2. The Hall–Kier alpha value is -0.650. The highest BCUT2D eigenvalue weighted by Crippen LogP contribution is 2.53. The van der Waals surface area contributed by atoms with Crippen LogP contribution >= 0.6 is 0 Å². The molecule has 0 unspecified atom stereocenters. The molecule has 0 heterocycles. The molecule has 0 radical (unpaired) electrons. The van der Waals surface area contributed by atoms with Crippen LogP contribution in [0.2, 0.25) is 0 Å². The summed E-state index contributed by atoms with van der Waals surface area (Å²) >= 11 is 0. The lowest BCUT2D eigenvalue weighted by molar-refractivity contribution is -0.186. The number of rotatable bonds is 3. The monoisotopic (exact) mass is 230 g/mol. The third-order valence-electron chi connectivity index (χ3n) is 3.72. The molecule has 1 atom stereocenters. The highest BCUT2D eigenvalue weighted by atomic mass is 16.3. The minimum absolute atomic E-state index is 0.139. The molecule has 0 aromatic rings. The number of carbonyl (C=O) groups is 1. The van der Waals surface area contributed by atoms with Crippen LogP contribution in [0, 0.1) is 10.8 Å². The average molecular weight is 230 g/mol. The van der Waals surface area contributed by atoms with Gasteiger partial charge in [-0.2, -0.15) is 0 Å². The lowest BCUT2D eigenvalue weighted by Crippen LogP contribution is -2.74. The molecule has 5 nitrogen and oxygen atoms in total. The van der Waals surface area contributed by atoms with Gasteiger partial charge in [0, 0.05) is 16.9 Å². The first-order valence-electron chi connectivity index (χ1n) is 5.50. The summed E-state index contributed by atoms with van der Waals surface area (Å²) in [6.07, 6.45) is -0.462. The normalized spacial score (nSPS) is 32.7. The van der Waals surface area contributed by atoms with E-state index in [0.29, 0.717) is 0 Å². The predicted octanol–water partition coefficient (Wildman–Crippen LogP) is -0.782. The molecule has 5 N–H and O–H groups in total. The first-order chi connectivity index (χ1) is 7.15. The second-order valence-corrected chi connectivity index (χ2v) is 5.78. The quantitative estimate of drug-likeness (QED) is 0.511. The van der Waals surface area contributed by atoms with Gasteiger partial charge in [-0.05, 0) is 0 Å². The third kappa shape index (κ3) is 1.83. The summed E-state index contributed by atoms with van der Waals surface area (Å²) in [4.78, 5) is 11.6. The predicted molar refractivity (Wildman–Crippen MR) is 60.6 cm³/mol. The van der Waals surface area contributed by atoms with Crippen LogP contribution in [0.1, 0.15) is 27.7 Å². The Morgan fingerprint density at radius 1 is 1.38 bits per heavy atom. The Morgan fingerprint density at radius 2 is 1.81 bits per heavy atom. The van der Waals surface area contributed by atoms with E-state index in [-0.39, 0.29) is 29.4 Å². The molecule has 0 saturated heterocycles. The Bertz CT molecular complexity index is 273. The number of amides is 1. The summed E-state index contributed by atoms with van der Waals surface area (Å²) < 4.78 is 0. The maximum absolute atomic E-state index is 11.6. The third-order valence-corrected chi connectivity index (χ3v) is 3.72. The van der Waals surface area contributed by atoms with E-state index in [2.05, 4.69) is 5.32 Å². The molecule has 1 rings (SSSR count). The van der Waals surface area contributed by atoms with Crippen molar-refractivity contribution in [3.63, 3.8) is 0 Å². The number of hydrogen-bond donors (Lipinski definition) is 4. The first-order valence-corrected chi connectivity index (χ1v) is 5.50. The molecule has 0 aliphatic heterocycles. The molecule has 0 aromatic carbocycles. The number of carbonyl (C=O) groups excluding carboxylic acids is 1. The van der Waals surface area contributed by atoms with E-state index in [4.69, 9.17) is 10.8 Å². The molecule has 1 aliphatic rings. The van der Waals surface area contributed by atoms with E-state index in [1.54, 1.807) is 0 Å². The molecular weight excluding hydrogens is 208 g/mol. The van der Waals surface area contributed by atoms with Gasteiger partial charge >= 0.3 is 0 Å². The summed E-state index contributed by atoms with van der Waals surface area (Å²) in [5.41, 5.74) is 4.70. The van der Waals surface area contributed by atoms with Crippen LogP contribution < -0.4 is 11.1 Å². The Morgan fingerprint density at radius 3 is 2.19 bits per heavy atom. The fraction of sp³-hybridized carbons (Fsp3) is 0.909. The highest BCUT2D eigenvalue weighted by Gasteiger charge is 2.61. The fourth-order valence-electron chi connectivity index (χ4n) is 2.84. The zero-order valence-electron chi connectivity index (χ0n) is 10.3. The van der Waals surface area contributed by atoms with Crippen molar-refractivity contribution in [3.05, 3.63) is 0 Å². The molecule has 16 heavy (non-hydrogen) atoms. The fourth-order valence-corrected chi connectivity index (χ4v) is 2.84. The van der Waals surface area contributed by atoms with E-state index in [9.17, 15) is 9.90 Å². The van der Waals surface area contributed by atoms with Crippen LogP contribution in [0.15, 0.2) is 0 Å². The molecule has 94 valence electrons. The van der Waals surface area contributed by atoms with Crippen LogP contribution in [-0.2, 0) is 4.79 Å². The minimum Gasteiger partial charge on any atom is -0.394 e. The largest absolute Gasteiger partial charge is 0.394 e. The van der Waals surface area contributed by atoms with Crippen LogP contribution in [0.3, 0.4) is 0 Å². The van der Waals surface area contributed by atoms with Crippen LogP contribution in [0.5, 0.6) is 0 Å². The molecule has 0 spiro atoms. The maximum atomic E-state index is 11.6.